The summed E-state index contributed by atoms with van der Waals surface area (Å²) in [5, 5.41) is 3.93. The SMILES string of the molecule is CN1CCN(Cc2cccc(C(=O)N3CCC4(CC3)CC4CNC(=O)c3cc4ccncc4o3)c2)CC1. The van der Waals surface area contributed by atoms with Gasteiger partial charge in [-0.2, -0.15) is 0 Å². The van der Waals surface area contributed by atoms with E-state index in [2.05, 4.69) is 39.3 Å². The first-order valence-corrected chi connectivity index (χ1v) is 13.4. The molecule has 1 unspecified atom stereocenters. The third kappa shape index (κ3) is 5.13. The fourth-order valence-corrected chi connectivity index (χ4v) is 6.04. The zero-order valence-electron chi connectivity index (χ0n) is 21.5. The molecule has 37 heavy (non-hydrogen) atoms. The molecule has 194 valence electrons. The van der Waals surface area contributed by atoms with Gasteiger partial charge in [0.25, 0.3) is 11.8 Å². The van der Waals surface area contributed by atoms with E-state index in [1.54, 1.807) is 18.5 Å². The third-order valence-corrected chi connectivity index (χ3v) is 8.64. The molecule has 1 aliphatic carbocycles. The Labute approximate surface area is 217 Å². The zero-order valence-corrected chi connectivity index (χ0v) is 21.5. The van der Waals surface area contributed by atoms with Crippen molar-refractivity contribution in [1.29, 1.82) is 0 Å². The lowest BCUT2D eigenvalue weighted by Gasteiger charge is -2.33. The molecule has 0 radical (unpaired) electrons. The lowest BCUT2D eigenvalue weighted by Crippen LogP contribution is -2.43. The van der Waals surface area contributed by atoms with Gasteiger partial charge in [-0.1, -0.05) is 12.1 Å². The number of likely N-dealkylation sites (N-methyl/N-ethyl adjacent to an activating group) is 1. The van der Waals surface area contributed by atoms with Crippen LogP contribution in [0, 0.1) is 11.3 Å². The molecule has 2 aliphatic heterocycles. The Balaban J connectivity index is 0.988. The van der Waals surface area contributed by atoms with Gasteiger partial charge in [0.15, 0.2) is 11.3 Å². The van der Waals surface area contributed by atoms with Crippen molar-refractivity contribution in [3.05, 3.63) is 65.7 Å². The molecule has 1 saturated carbocycles. The van der Waals surface area contributed by atoms with E-state index < -0.39 is 0 Å². The Bertz CT molecular complexity index is 1250. The summed E-state index contributed by atoms with van der Waals surface area (Å²) in [4.78, 5) is 36.8. The average Bonchev–Trinajstić information content (AvgIpc) is 3.39. The van der Waals surface area contributed by atoms with E-state index in [4.69, 9.17) is 4.42 Å². The summed E-state index contributed by atoms with van der Waals surface area (Å²) < 4.78 is 5.63. The molecule has 3 fully saturated rings. The number of pyridine rings is 1. The quantitative estimate of drug-likeness (QED) is 0.559. The van der Waals surface area contributed by atoms with Crippen molar-refractivity contribution < 1.29 is 14.0 Å². The Morgan fingerprint density at radius 2 is 1.89 bits per heavy atom. The first-order valence-electron chi connectivity index (χ1n) is 13.4. The van der Waals surface area contributed by atoms with Crippen LogP contribution < -0.4 is 5.32 Å². The fourth-order valence-electron chi connectivity index (χ4n) is 6.04. The van der Waals surface area contributed by atoms with E-state index in [0.29, 0.717) is 23.8 Å². The minimum Gasteiger partial charge on any atom is -0.449 e. The Hall–Kier alpha value is -3.23. The number of furan rings is 1. The molecule has 4 heterocycles. The lowest BCUT2D eigenvalue weighted by atomic mass is 9.90. The predicted molar refractivity (Wildman–Crippen MR) is 141 cm³/mol. The molecule has 2 aromatic heterocycles. The van der Waals surface area contributed by atoms with E-state index in [0.717, 1.165) is 76.0 Å². The van der Waals surface area contributed by atoms with Gasteiger partial charge in [0.05, 0.1) is 6.20 Å². The van der Waals surface area contributed by atoms with Crippen molar-refractivity contribution in [2.75, 3.05) is 52.9 Å². The van der Waals surface area contributed by atoms with Crippen molar-refractivity contribution in [3.8, 4) is 0 Å². The number of hydrogen-bond acceptors (Lipinski definition) is 6. The minimum atomic E-state index is -0.178. The van der Waals surface area contributed by atoms with Gasteiger partial charge < -0.3 is 19.5 Å². The predicted octanol–water partition coefficient (Wildman–Crippen LogP) is 3.25. The van der Waals surface area contributed by atoms with Crippen LogP contribution in [0.15, 0.2) is 53.2 Å². The van der Waals surface area contributed by atoms with Crippen LogP contribution in [0.3, 0.4) is 0 Å². The van der Waals surface area contributed by atoms with Gasteiger partial charge in [-0.3, -0.25) is 19.5 Å². The number of hydrogen-bond donors (Lipinski definition) is 1. The van der Waals surface area contributed by atoms with Crippen LogP contribution in [0.25, 0.3) is 11.0 Å². The number of rotatable bonds is 6. The Morgan fingerprint density at radius 3 is 2.68 bits per heavy atom. The number of nitrogens with one attached hydrogen (secondary N) is 1. The summed E-state index contributed by atoms with van der Waals surface area (Å²) in [6.45, 7) is 7.44. The van der Waals surface area contributed by atoms with Gasteiger partial charge in [0.1, 0.15) is 0 Å². The molecule has 2 saturated heterocycles. The van der Waals surface area contributed by atoms with Crippen LogP contribution in [0.2, 0.25) is 0 Å². The van der Waals surface area contributed by atoms with Crippen LogP contribution in [-0.2, 0) is 6.54 Å². The summed E-state index contributed by atoms with van der Waals surface area (Å²) in [5.41, 5.74) is 2.88. The third-order valence-electron chi connectivity index (χ3n) is 8.64. The minimum absolute atomic E-state index is 0.139. The monoisotopic (exact) mass is 501 g/mol. The number of fused-ring (bicyclic) bond motifs is 1. The molecule has 3 aliphatic rings. The highest BCUT2D eigenvalue weighted by Crippen LogP contribution is 2.59. The number of nitrogens with zero attached hydrogens (tertiary/aromatic N) is 4. The van der Waals surface area contributed by atoms with Gasteiger partial charge in [-0.05, 0) is 67.5 Å². The second-order valence-corrected chi connectivity index (χ2v) is 11.1. The largest absolute Gasteiger partial charge is 0.449 e. The van der Waals surface area contributed by atoms with Gasteiger partial charge in [-0.25, -0.2) is 0 Å². The van der Waals surface area contributed by atoms with Crippen molar-refractivity contribution >= 4 is 22.8 Å². The standard InChI is InChI=1S/C29H35N5O3/c1-32-11-13-33(14-12-32)20-21-3-2-4-23(15-21)28(36)34-9-6-29(7-10-34)17-24(29)18-31-27(35)25-16-22-5-8-30-19-26(22)37-25/h2-5,8,15-16,19,24H,6-7,9-14,17-18,20H2,1H3,(H,31,35). The van der Waals surface area contributed by atoms with Crippen LogP contribution in [0.1, 0.15) is 45.7 Å². The van der Waals surface area contributed by atoms with Gasteiger partial charge >= 0.3 is 0 Å². The molecule has 3 aromatic rings. The van der Waals surface area contributed by atoms with Crippen molar-refractivity contribution in [3.63, 3.8) is 0 Å². The normalized spacial score (nSPS) is 21.9. The summed E-state index contributed by atoms with van der Waals surface area (Å²) in [6, 6.07) is 11.8. The fraction of sp³-hybridized carbons (Fsp3) is 0.483. The van der Waals surface area contributed by atoms with Crippen LogP contribution in [0.4, 0.5) is 0 Å². The number of carbonyl (C=O) groups is 2. The molecule has 6 rings (SSSR count). The smallest absolute Gasteiger partial charge is 0.287 e. The maximum absolute atomic E-state index is 13.3. The molecular weight excluding hydrogens is 466 g/mol. The number of aromatic nitrogens is 1. The topological polar surface area (TPSA) is 81.9 Å². The highest BCUT2D eigenvalue weighted by molar-refractivity contribution is 5.96. The summed E-state index contributed by atoms with van der Waals surface area (Å²) >= 11 is 0. The zero-order chi connectivity index (χ0) is 25.4. The Kier molecular flexibility index (Phi) is 6.46. The van der Waals surface area contributed by atoms with Gasteiger partial charge in [0.2, 0.25) is 0 Å². The van der Waals surface area contributed by atoms with Crippen LogP contribution >= 0.6 is 0 Å². The molecule has 1 aromatic carbocycles. The molecule has 8 heteroatoms. The van der Waals surface area contributed by atoms with E-state index in [1.807, 2.05) is 23.1 Å². The second kappa shape index (κ2) is 9.91. The lowest BCUT2D eigenvalue weighted by molar-refractivity contribution is 0.0668. The molecule has 2 amide bonds. The van der Waals surface area contributed by atoms with E-state index >= 15 is 0 Å². The number of piperazine rings is 1. The van der Waals surface area contributed by atoms with E-state index in [1.165, 1.54) is 5.56 Å². The highest BCUT2D eigenvalue weighted by Gasteiger charge is 2.54. The number of likely N-dealkylation sites (tertiary alicyclic amines) is 1. The maximum Gasteiger partial charge on any atom is 0.287 e. The molecule has 1 atom stereocenters. The maximum atomic E-state index is 13.3. The summed E-state index contributed by atoms with van der Waals surface area (Å²) in [7, 11) is 2.17. The molecular formula is C29H35N5O3. The highest BCUT2D eigenvalue weighted by atomic mass is 16.3. The van der Waals surface area contributed by atoms with Crippen molar-refractivity contribution in [2.45, 2.75) is 25.8 Å². The first-order chi connectivity index (χ1) is 18.0. The molecule has 0 bridgehead atoms. The van der Waals surface area contributed by atoms with Crippen LogP contribution in [0.5, 0.6) is 0 Å². The Morgan fingerprint density at radius 1 is 1.08 bits per heavy atom. The average molecular weight is 502 g/mol. The number of benzene rings is 1. The second-order valence-electron chi connectivity index (χ2n) is 11.1. The first kappa shape index (κ1) is 24.1. The van der Waals surface area contributed by atoms with Crippen molar-refractivity contribution in [1.82, 2.24) is 25.0 Å². The number of piperidine rings is 1. The molecule has 1 N–H and O–H groups in total. The number of carbonyl (C=O) groups excluding carboxylic acids is 2. The van der Waals surface area contributed by atoms with Gasteiger partial charge in [0, 0.05) is 69.5 Å². The summed E-state index contributed by atoms with van der Waals surface area (Å²) in [6.07, 6.45) is 6.42. The van der Waals surface area contributed by atoms with Gasteiger partial charge in [-0.15, -0.1) is 0 Å². The van der Waals surface area contributed by atoms with E-state index in [-0.39, 0.29) is 17.2 Å². The van der Waals surface area contributed by atoms with Crippen molar-refractivity contribution in [2.24, 2.45) is 11.3 Å². The van der Waals surface area contributed by atoms with E-state index in [9.17, 15) is 9.59 Å². The molecule has 8 nitrogen and oxygen atoms in total. The number of amides is 2. The molecule has 1 spiro atoms. The summed E-state index contributed by atoms with van der Waals surface area (Å²) in [5.74, 6) is 0.752. The van der Waals surface area contributed by atoms with Crippen LogP contribution in [-0.4, -0.2) is 84.4 Å².